The van der Waals surface area contributed by atoms with Gasteiger partial charge in [-0.1, -0.05) is 13.8 Å². The molecule has 0 heterocycles. The zero-order valence-electron chi connectivity index (χ0n) is 16.0. The molecule has 0 bridgehead atoms. The first-order valence-electron chi connectivity index (χ1n) is 10.3. The normalized spacial score (nSPS) is 52.5. The molecule has 4 saturated carbocycles. The summed E-state index contributed by atoms with van der Waals surface area (Å²) in [5, 5.41) is 0. The van der Waals surface area contributed by atoms with E-state index in [-0.39, 0.29) is 29.0 Å². The van der Waals surface area contributed by atoms with Crippen LogP contribution in [0.5, 0.6) is 0 Å². The maximum atomic E-state index is 10.8. The van der Waals surface area contributed by atoms with E-state index in [0.29, 0.717) is 30.1 Å². The van der Waals surface area contributed by atoms with Crippen molar-refractivity contribution >= 4 is 6.47 Å². The van der Waals surface area contributed by atoms with E-state index in [1.54, 1.807) is 0 Å². The fraction of sp³-hybridized carbons (Fsp3) is 0.864. The number of rotatable bonds is 2. The van der Waals surface area contributed by atoms with Crippen LogP contribution in [0.2, 0.25) is 0 Å². The SMILES string of the molecule is [C-]#[N+]C1CC2CC(OC=O)CC[C@]2(C)[C@H]2CC[C@]3(C)C([N+]#[C-])CC[C@H]3[C@H]12. The van der Waals surface area contributed by atoms with Crippen molar-refractivity contribution in [2.75, 3.05) is 0 Å². The van der Waals surface area contributed by atoms with Gasteiger partial charge < -0.3 is 14.4 Å². The third-order valence-electron chi connectivity index (χ3n) is 9.15. The molecule has 26 heavy (non-hydrogen) atoms. The predicted molar refractivity (Wildman–Crippen MR) is 98.8 cm³/mol. The lowest BCUT2D eigenvalue weighted by Crippen LogP contribution is -2.58. The molecule has 0 amide bonds. The molecule has 4 unspecified atom stereocenters. The highest BCUT2D eigenvalue weighted by Gasteiger charge is 2.66. The Morgan fingerprint density at radius 3 is 2.38 bits per heavy atom. The van der Waals surface area contributed by atoms with Crippen molar-refractivity contribution < 1.29 is 9.53 Å². The summed E-state index contributed by atoms with van der Waals surface area (Å²) < 4.78 is 5.30. The molecular weight excluding hydrogens is 324 g/mol. The summed E-state index contributed by atoms with van der Waals surface area (Å²) in [6.07, 6.45) is 8.46. The number of hydrogen-bond donors (Lipinski definition) is 0. The first kappa shape index (κ1) is 17.8. The molecule has 0 aromatic rings. The van der Waals surface area contributed by atoms with E-state index in [1.807, 2.05) is 0 Å². The maximum absolute atomic E-state index is 10.8. The minimum Gasteiger partial charge on any atom is -0.465 e. The highest BCUT2D eigenvalue weighted by atomic mass is 16.5. The molecular formula is C22H30N2O2. The van der Waals surface area contributed by atoms with Gasteiger partial charge in [-0.05, 0) is 61.7 Å². The highest BCUT2D eigenvalue weighted by molar-refractivity contribution is 5.37. The summed E-state index contributed by atoms with van der Waals surface area (Å²) in [5.41, 5.74) is 0.388. The molecule has 0 radical (unpaired) electrons. The number of fused-ring (bicyclic) bond motifs is 5. The van der Waals surface area contributed by atoms with Crippen LogP contribution in [0.3, 0.4) is 0 Å². The van der Waals surface area contributed by atoms with E-state index in [2.05, 4.69) is 23.5 Å². The molecule has 0 spiro atoms. The average molecular weight is 354 g/mol. The van der Waals surface area contributed by atoms with Crippen LogP contribution in [0.4, 0.5) is 0 Å². The van der Waals surface area contributed by atoms with Gasteiger partial charge in [-0.2, -0.15) is 0 Å². The Morgan fingerprint density at radius 1 is 0.962 bits per heavy atom. The molecule has 0 aliphatic heterocycles. The quantitative estimate of drug-likeness (QED) is 0.529. The third-order valence-corrected chi connectivity index (χ3v) is 9.15. The Kier molecular flexibility index (Phi) is 4.30. The van der Waals surface area contributed by atoms with Crippen LogP contribution >= 0.6 is 0 Å². The molecule has 0 aromatic carbocycles. The molecule has 4 aliphatic carbocycles. The monoisotopic (exact) mass is 354 g/mol. The van der Waals surface area contributed by atoms with Gasteiger partial charge in [-0.3, -0.25) is 4.79 Å². The average Bonchev–Trinajstić information content (AvgIpc) is 2.98. The maximum Gasteiger partial charge on any atom is 0.293 e. The number of carbonyl (C=O) groups is 1. The summed E-state index contributed by atoms with van der Waals surface area (Å²) in [4.78, 5) is 18.9. The van der Waals surface area contributed by atoms with Crippen LogP contribution in [0.15, 0.2) is 0 Å². The first-order valence-corrected chi connectivity index (χ1v) is 10.3. The summed E-state index contributed by atoms with van der Waals surface area (Å²) in [5.74, 6) is 2.09. The molecule has 4 rings (SSSR count). The van der Waals surface area contributed by atoms with Crippen LogP contribution < -0.4 is 0 Å². The molecule has 0 saturated heterocycles. The lowest BCUT2D eigenvalue weighted by atomic mass is 9.44. The minimum absolute atomic E-state index is 0.0420. The second kappa shape index (κ2) is 6.26. The molecule has 0 N–H and O–H groups in total. The molecule has 9 atom stereocenters. The minimum atomic E-state index is 0.0420. The fourth-order valence-corrected chi connectivity index (χ4v) is 7.71. The van der Waals surface area contributed by atoms with Crippen molar-refractivity contribution in [1.29, 1.82) is 0 Å². The molecule has 4 heteroatoms. The fourth-order valence-electron chi connectivity index (χ4n) is 7.71. The Bertz CT molecular complexity index is 664. The van der Waals surface area contributed by atoms with Gasteiger partial charge in [0.1, 0.15) is 6.10 Å². The van der Waals surface area contributed by atoms with Crippen LogP contribution in [-0.4, -0.2) is 24.7 Å². The van der Waals surface area contributed by atoms with Crippen molar-refractivity contribution in [2.45, 2.75) is 83.4 Å². The Balaban J connectivity index is 1.65. The Hall–Kier alpha value is -1.55. The van der Waals surface area contributed by atoms with E-state index in [1.165, 1.54) is 6.42 Å². The summed E-state index contributed by atoms with van der Waals surface area (Å²) >= 11 is 0. The van der Waals surface area contributed by atoms with Crippen LogP contribution in [0, 0.1) is 47.6 Å². The summed E-state index contributed by atoms with van der Waals surface area (Å²) in [6, 6.07) is 0.240. The van der Waals surface area contributed by atoms with Gasteiger partial charge in [-0.25, -0.2) is 13.1 Å². The van der Waals surface area contributed by atoms with Gasteiger partial charge >= 0.3 is 0 Å². The highest BCUT2D eigenvalue weighted by Crippen LogP contribution is 2.67. The van der Waals surface area contributed by atoms with Crippen LogP contribution in [0.1, 0.15) is 65.2 Å². The van der Waals surface area contributed by atoms with Crippen molar-refractivity contribution in [3.63, 3.8) is 0 Å². The molecule has 0 aromatic heterocycles. The first-order chi connectivity index (χ1) is 12.5. The van der Waals surface area contributed by atoms with E-state index in [9.17, 15) is 4.79 Å². The third kappa shape index (κ3) is 2.34. The van der Waals surface area contributed by atoms with Crippen molar-refractivity contribution in [3.8, 4) is 0 Å². The van der Waals surface area contributed by atoms with Gasteiger partial charge in [-0.15, -0.1) is 0 Å². The van der Waals surface area contributed by atoms with Gasteiger partial charge in [0.2, 0.25) is 12.1 Å². The Labute approximate surface area is 157 Å². The van der Waals surface area contributed by atoms with Gasteiger partial charge in [0, 0.05) is 24.2 Å². The number of nitrogens with zero attached hydrogens (tertiary/aromatic N) is 2. The smallest absolute Gasteiger partial charge is 0.293 e. The molecule has 4 fully saturated rings. The lowest BCUT2D eigenvalue weighted by Gasteiger charge is -2.59. The van der Waals surface area contributed by atoms with Crippen molar-refractivity contribution in [1.82, 2.24) is 0 Å². The number of carbonyl (C=O) groups excluding carboxylic acids is 1. The topological polar surface area (TPSA) is 35.0 Å². The van der Waals surface area contributed by atoms with Crippen molar-refractivity contribution in [3.05, 3.63) is 22.8 Å². The Morgan fingerprint density at radius 2 is 1.69 bits per heavy atom. The zero-order valence-corrected chi connectivity index (χ0v) is 16.0. The van der Waals surface area contributed by atoms with Crippen LogP contribution in [-0.2, 0) is 9.53 Å². The van der Waals surface area contributed by atoms with E-state index < -0.39 is 0 Å². The molecule has 4 aliphatic rings. The van der Waals surface area contributed by atoms with Gasteiger partial charge in [0.15, 0.2) is 0 Å². The van der Waals surface area contributed by atoms with E-state index in [4.69, 9.17) is 17.9 Å². The van der Waals surface area contributed by atoms with E-state index in [0.717, 1.165) is 44.9 Å². The molecule has 140 valence electrons. The zero-order chi connectivity index (χ0) is 18.5. The van der Waals surface area contributed by atoms with Crippen LogP contribution in [0.25, 0.3) is 9.69 Å². The standard InChI is InChI=1S/C22H30N2O2/c1-21-9-7-15(26-13-25)11-14(21)12-18(23-3)20-16-5-6-19(24-4)22(16,2)10-8-17(20)21/h13-20H,5-12H2,1-2H3/t14?,15?,16-,17-,18?,19?,20-,21-,22-/m0/s1. The van der Waals surface area contributed by atoms with Crippen molar-refractivity contribution in [2.24, 2.45) is 34.5 Å². The van der Waals surface area contributed by atoms with E-state index >= 15 is 0 Å². The van der Waals surface area contributed by atoms with Gasteiger partial charge in [0.05, 0.1) is 0 Å². The second-order valence-corrected chi connectivity index (χ2v) is 9.82. The molecule has 4 nitrogen and oxygen atoms in total. The number of hydrogen-bond acceptors (Lipinski definition) is 2. The predicted octanol–water partition coefficient (Wildman–Crippen LogP) is 4.76. The second-order valence-electron chi connectivity index (χ2n) is 9.82. The number of ether oxygens (including phenoxy) is 1. The largest absolute Gasteiger partial charge is 0.465 e. The van der Waals surface area contributed by atoms with Gasteiger partial charge in [0.25, 0.3) is 6.47 Å². The summed E-state index contributed by atoms with van der Waals surface area (Å²) in [6.45, 7) is 20.9. The summed E-state index contributed by atoms with van der Waals surface area (Å²) in [7, 11) is 0. The lowest BCUT2D eigenvalue weighted by molar-refractivity contribution is -0.149.